The molecule has 0 spiro atoms. The zero-order valence-electron chi connectivity index (χ0n) is 67.7. The summed E-state index contributed by atoms with van der Waals surface area (Å²) in [6.07, 6.45) is 0. The van der Waals surface area contributed by atoms with Gasteiger partial charge in [0.2, 0.25) is 0 Å². The maximum atomic E-state index is 9.83. The van der Waals surface area contributed by atoms with Crippen LogP contribution < -0.4 is 26.2 Å². The Hall–Kier alpha value is -11.7. The number of hydrogen-bond acceptors (Lipinski definition) is 2. The Balaban J connectivity index is 0.978. The molecule has 0 unspecified atom stereocenters. The van der Waals surface area contributed by atoms with E-state index >= 15 is 0 Å². The van der Waals surface area contributed by atoms with Crippen molar-refractivity contribution in [2.24, 2.45) is 0 Å². The molecule has 0 radical (unpaired) electrons. The molecule has 0 atom stereocenters. The Bertz CT molecular complexity index is 6770. The van der Waals surface area contributed by atoms with Crippen molar-refractivity contribution in [1.82, 2.24) is 9.13 Å². The summed E-state index contributed by atoms with van der Waals surface area (Å²) in [6, 6.07) is 47.1. The monoisotopic (exact) mass is 1150 g/mol. The Labute approximate surface area is 542 Å². The van der Waals surface area contributed by atoms with Gasteiger partial charge in [0, 0.05) is 67.0 Å². The smallest absolute Gasteiger partial charge is 0.252 e. The lowest BCUT2D eigenvalue weighted by molar-refractivity contribution is 1.17. The van der Waals surface area contributed by atoms with Gasteiger partial charge >= 0.3 is 0 Å². The van der Waals surface area contributed by atoms with Gasteiger partial charge in [0.25, 0.3) is 6.71 Å². The quantitative estimate of drug-likeness (QED) is 0.126. The highest BCUT2D eigenvalue weighted by atomic mass is 15.2. The van der Waals surface area contributed by atoms with Crippen molar-refractivity contribution in [3.05, 3.63) is 309 Å². The second kappa shape index (κ2) is 18.4. The van der Waals surface area contributed by atoms with Crippen LogP contribution in [0.15, 0.2) is 309 Å². The molecule has 410 valence electrons. The molecule has 0 N–H and O–H groups in total. The van der Waals surface area contributed by atoms with Gasteiger partial charge in [-0.2, -0.15) is 0 Å². The van der Waals surface area contributed by atoms with Gasteiger partial charge in [0.15, 0.2) is 0 Å². The van der Waals surface area contributed by atoms with Crippen LogP contribution in [0.2, 0.25) is 0 Å². The van der Waals surface area contributed by atoms with Gasteiger partial charge < -0.3 is 18.9 Å². The molecular weight excluding hydrogens is 1080 g/mol. The van der Waals surface area contributed by atoms with Crippen LogP contribution in [-0.4, -0.2) is 15.8 Å². The topological polar surface area (TPSA) is 16.3 Å². The van der Waals surface area contributed by atoms with Gasteiger partial charge in [-0.05, 0) is 177 Å². The van der Waals surface area contributed by atoms with Crippen LogP contribution in [0.5, 0.6) is 0 Å². The van der Waals surface area contributed by atoms with Crippen LogP contribution in [0.3, 0.4) is 0 Å². The van der Waals surface area contributed by atoms with Gasteiger partial charge in [0.05, 0.1) is 50.9 Å². The second-order valence-corrected chi connectivity index (χ2v) is 22.7. The predicted octanol–water partition coefficient (Wildman–Crippen LogP) is 20.5. The lowest BCUT2D eigenvalue weighted by Gasteiger charge is -2.45. The highest BCUT2D eigenvalue weighted by molar-refractivity contribution is 7.00. The summed E-state index contributed by atoms with van der Waals surface area (Å²) in [6.45, 7) is -0.898. The number of para-hydroxylation sites is 4. The lowest BCUT2D eigenvalue weighted by atomic mass is 9.33. The van der Waals surface area contributed by atoms with Crippen LogP contribution >= 0.6 is 0 Å². The molecule has 0 saturated heterocycles. The zero-order valence-corrected chi connectivity index (χ0v) is 46.7. The molecule has 4 heterocycles. The number of hydrogen-bond donors (Lipinski definition) is 0. The third kappa shape index (κ3) is 6.84. The van der Waals surface area contributed by atoms with E-state index in [1.165, 1.54) is 9.13 Å². The van der Waals surface area contributed by atoms with E-state index in [-0.39, 0.29) is 66.1 Å². The largest absolute Gasteiger partial charge is 0.311 e. The fraction of sp³-hybridized carbons (Fsp3) is 0. The van der Waals surface area contributed by atoms with Gasteiger partial charge in [-0.15, -0.1) is 0 Å². The Morgan fingerprint density at radius 3 is 0.921 bits per heavy atom. The summed E-state index contributed by atoms with van der Waals surface area (Å²) in [4.78, 5) is 4.04. The number of fused-ring (bicyclic) bond motifs is 22. The summed E-state index contributed by atoms with van der Waals surface area (Å²) in [5, 5.41) is 10.7. The molecule has 0 aliphatic carbocycles. The van der Waals surface area contributed by atoms with Crippen molar-refractivity contribution in [3.8, 4) is 22.5 Å². The summed E-state index contributed by atoms with van der Waals surface area (Å²) in [7, 11) is 0. The number of anilines is 6. The average Bonchev–Trinajstić information content (AvgIpc) is 1.64. The van der Waals surface area contributed by atoms with E-state index in [1.807, 2.05) is 107 Å². The summed E-state index contributed by atoms with van der Waals surface area (Å²) < 4.78 is 199. The van der Waals surface area contributed by atoms with E-state index in [1.54, 1.807) is 24.3 Å². The third-order valence-corrected chi connectivity index (χ3v) is 18.4. The van der Waals surface area contributed by atoms with Crippen molar-refractivity contribution in [1.29, 1.82) is 0 Å². The molecule has 89 heavy (non-hydrogen) atoms. The van der Waals surface area contributed by atoms with Crippen molar-refractivity contribution in [2.45, 2.75) is 0 Å². The molecule has 0 saturated carbocycles. The highest BCUT2D eigenvalue weighted by Crippen LogP contribution is 2.50. The van der Waals surface area contributed by atoms with E-state index in [4.69, 9.17) is 12.3 Å². The van der Waals surface area contributed by atoms with Crippen LogP contribution in [0, 0.1) is 0 Å². The molecule has 16 aromatic carbocycles. The molecule has 0 amide bonds. The highest BCUT2D eigenvalue weighted by Gasteiger charge is 2.44. The standard InChI is InChI=1S/C84H51BN4/c1-2-20-52(21-3-1)53-46-82-84-83(47-53)89(55-39-43-67-63-27-7-5-23-59(63)61-25-9-11-29-65(61)73(67)49-55)81-51-57(87-78-36-18-14-32-70(78)71-33-15-19-37-79(71)87)41-45-75(81)85(84)74-44-40-56(86-76-34-16-12-30-68(76)69-31-13-17-35-77(69)86)50-80(74)88(82)54-38-42-66-62-26-6-4-22-58(62)60-24-8-10-28-64(60)72(66)48-54/h1-51H/i1D,2D,3D,12D,13D,14D,15D,16D,17D,18D,19D,20D,21D,30D,31D,32D,33D,34D,35D,36D,37D. The average molecular weight is 1150 g/mol. The van der Waals surface area contributed by atoms with Gasteiger partial charge in [-0.3, -0.25) is 0 Å². The van der Waals surface area contributed by atoms with Crippen LogP contribution in [0.4, 0.5) is 34.1 Å². The normalized spacial score (nSPS) is 16.2. The summed E-state index contributed by atoms with van der Waals surface area (Å²) >= 11 is 0. The van der Waals surface area contributed by atoms with Crippen LogP contribution in [0.1, 0.15) is 28.8 Å². The number of aromatic nitrogens is 2. The van der Waals surface area contributed by atoms with E-state index in [9.17, 15) is 16.4 Å². The second-order valence-electron chi connectivity index (χ2n) is 22.7. The maximum absolute atomic E-state index is 9.83. The first kappa shape index (κ1) is 32.7. The first-order valence-electron chi connectivity index (χ1n) is 39.7. The minimum Gasteiger partial charge on any atom is -0.311 e. The molecule has 2 aromatic heterocycles. The summed E-state index contributed by atoms with van der Waals surface area (Å²) in [5.74, 6) is 0. The van der Waals surface area contributed by atoms with Crippen molar-refractivity contribution in [3.63, 3.8) is 0 Å². The first-order chi connectivity index (χ1) is 52.9. The number of rotatable bonds is 5. The minimum atomic E-state index is -0.898. The molecule has 2 aliphatic heterocycles. The van der Waals surface area contributed by atoms with E-state index < -0.39 is 134 Å². The Morgan fingerprint density at radius 1 is 0.236 bits per heavy atom. The van der Waals surface area contributed by atoms with Gasteiger partial charge in [-0.1, -0.05) is 224 Å². The number of benzene rings is 16. The Morgan fingerprint density at radius 2 is 0.551 bits per heavy atom. The minimum absolute atomic E-state index is 0.127. The zero-order chi connectivity index (χ0) is 76.3. The molecule has 18 aromatic rings. The van der Waals surface area contributed by atoms with E-state index in [0.29, 0.717) is 50.5 Å². The Kier molecular flexibility index (Phi) is 6.78. The third-order valence-electron chi connectivity index (χ3n) is 18.4. The van der Waals surface area contributed by atoms with Crippen LogP contribution in [-0.2, 0) is 0 Å². The fourth-order valence-corrected chi connectivity index (χ4v) is 14.8. The van der Waals surface area contributed by atoms with Crippen molar-refractivity contribution < 1.29 is 28.8 Å². The molecule has 4 nitrogen and oxygen atoms in total. The molecule has 20 rings (SSSR count). The predicted molar refractivity (Wildman–Crippen MR) is 380 cm³/mol. The lowest BCUT2D eigenvalue weighted by Crippen LogP contribution is -2.61. The van der Waals surface area contributed by atoms with Crippen molar-refractivity contribution >= 4 is 165 Å². The fourth-order valence-electron chi connectivity index (χ4n) is 14.8. The summed E-state index contributed by atoms with van der Waals surface area (Å²) in [5.41, 5.74) is 4.58. The van der Waals surface area contributed by atoms with Gasteiger partial charge in [-0.25, -0.2) is 0 Å². The first-order valence-corrected chi connectivity index (χ1v) is 29.2. The van der Waals surface area contributed by atoms with Gasteiger partial charge in [0.1, 0.15) is 0 Å². The molecule has 0 bridgehead atoms. The van der Waals surface area contributed by atoms with E-state index in [2.05, 4.69) is 60.7 Å². The van der Waals surface area contributed by atoms with Crippen molar-refractivity contribution in [2.75, 3.05) is 9.80 Å². The molecule has 0 fully saturated rings. The maximum Gasteiger partial charge on any atom is 0.252 e. The molecule has 2 aliphatic rings. The van der Waals surface area contributed by atoms with Crippen LogP contribution in [0.25, 0.3) is 131 Å². The molecule has 5 heteroatoms. The SMILES string of the molecule is [2H]c1c([2H])c([2H])c(-c2cc3c4c(c2)N(c2ccc5c6ccccc6c6ccccc6c5c2)c2cc(-n5c6c([2H])c([2H])c([2H])c([2H])c6c6c([2H])c([2H])c([2H])c([2H])c65)ccc2B4c2ccc(-n4c5c([2H])c([2H])c([2H])c([2H])c5c5c([2H])c([2H])c([2H])c([2H])c54)cc2N3c2ccc3c4ccccc4c4ccccc4c3c2)c([2H])c1[2H]. The molecular formula is C84H51BN4. The number of nitrogens with zero attached hydrogens (tertiary/aromatic N) is 4. The van der Waals surface area contributed by atoms with E-state index in [0.717, 1.165) is 64.6 Å².